The molecule has 0 unspecified atom stereocenters. The van der Waals surface area contributed by atoms with E-state index in [1.54, 1.807) is 36.4 Å². The second-order valence-electron chi connectivity index (χ2n) is 7.06. The lowest BCUT2D eigenvalue weighted by atomic mass is 10.1. The third-order valence-electron chi connectivity index (χ3n) is 4.55. The number of nitrogens with zero attached hydrogens (tertiary/aromatic N) is 1. The van der Waals surface area contributed by atoms with Crippen LogP contribution in [0.5, 0.6) is 5.75 Å². The Labute approximate surface area is 181 Å². The van der Waals surface area contributed by atoms with Gasteiger partial charge in [0.25, 0.3) is 10.0 Å². The molecule has 31 heavy (non-hydrogen) atoms. The van der Waals surface area contributed by atoms with Crippen molar-refractivity contribution in [2.75, 3.05) is 23.3 Å². The average Bonchev–Trinajstić information content (AvgIpc) is 2.71. The normalized spacial score (nSPS) is 11.1. The molecular weight excluding hydrogens is 419 g/mol. The van der Waals surface area contributed by atoms with Gasteiger partial charge < -0.3 is 10.1 Å². The smallest absolute Gasteiger partial charge is 0.264 e. The minimum Gasteiger partial charge on any atom is -0.495 e. The first-order valence-corrected chi connectivity index (χ1v) is 10.9. The van der Waals surface area contributed by atoms with Crippen molar-refractivity contribution in [2.24, 2.45) is 0 Å². The highest BCUT2D eigenvalue weighted by molar-refractivity contribution is 7.92. The van der Waals surface area contributed by atoms with Crippen LogP contribution in [0.3, 0.4) is 0 Å². The van der Waals surface area contributed by atoms with Crippen molar-refractivity contribution >= 4 is 27.3 Å². The van der Waals surface area contributed by atoms with Crippen LogP contribution in [0.15, 0.2) is 71.6 Å². The molecule has 8 heteroatoms. The maximum atomic E-state index is 13.4. The molecule has 1 N–H and O–H groups in total. The maximum Gasteiger partial charge on any atom is 0.264 e. The number of para-hydroxylation sites is 2. The first-order valence-electron chi connectivity index (χ1n) is 9.50. The van der Waals surface area contributed by atoms with Gasteiger partial charge in [0.1, 0.15) is 18.1 Å². The largest absolute Gasteiger partial charge is 0.495 e. The van der Waals surface area contributed by atoms with Gasteiger partial charge in [-0.3, -0.25) is 9.10 Å². The van der Waals surface area contributed by atoms with E-state index in [2.05, 4.69) is 5.32 Å². The van der Waals surface area contributed by atoms with Gasteiger partial charge in [0.2, 0.25) is 5.91 Å². The molecule has 0 spiro atoms. The van der Waals surface area contributed by atoms with Gasteiger partial charge in [-0.2, -0.15) is 0 Å². The Morgan fingerprint density at radius 3 is 2.23 bits per heavy atom. The van der Waals surface area contributed by atoms with Gasteiger partial charge in [0, 0.05) is 5.69 Å². The van der Waals surface area contributed by atoms with Crippen LogP contribution in [0, 0.1) is 19.7 Å². The number of hydrogen-bond acceptors (Lipinski definition) is 4. The molecule has 0 radical (unpaired) electrons. The quantitative estimate of drug-likeness (QED) is 0.592. The lowest BCUT2D eigenvalue weighted by Gasteiger charge is -2.25. The summed E-state index contributed by atoms with van der Waals surface area (Å²) in [5.41, 5.74) is 2.71. The molecule has 3 aromatic rings. The lowest BCUT2D eigenvalue weighted by molar-refractivity contribution is -0.114. The second kappa shape index (κ2) is 9.18. The number of benzene rings is 3. The van der Waals surface area contributed by atoms with Crippen molar-refractivity contribution in [3.8, 4) is 5.75 Å². The van der Waals surface area contributed by atoms with E-state index in [-0.39, 0.29) is 16.3 Å². The highest BCUT2D eigenvalue weighted by atomic mass is 32.2. The highest BCUT2D eigenvalue weighted by Gasteiger charge is 2.29. The Hall–Kier alpha value is -3.39. The molecule has 3 aromatic carbocycles. The van der Waals surface area contributed by atoms with E-state index in [0.29, 0.717) is 5.69 Å². The zero-order valence-electron chi connectivity index (χ0n) is 17.4. The number of aryl methyl sites for hydroxylation is 2. The zero-order valence-corrected chi connectivity index (χ0v) is 18.2. The number of anilines is 2. The lowest BCUT2D eigenvalue weighted by Crippen LogP contribution is -2.38. The van der Waals surface area contributed by atoms with Crippen molar-refractivity contribution < 1.29 is 22.3 Å². The number of halogens is 1. The van der Waals surface area contributed by atoms with Crippen molar-refractivity contribution in [1.82, 2.24) is 0 Å². The molecule has 3 rings (SSSR count). The Morgan fingerprint density at radius 2 is 1.61 bits per heavy atom. The molecular formula is C23H23FN2O4S. The summed E-state index contributed by atoms with van der Waals surface area (Å²) in [5.74, 6) is -0.802. The van der Waals surface area contributed by atoms with E-state index in [0.717, 1.165) is 39.7 Å². The highest BCUT2D eigenvalue weighted by Crippen LogP contribution is 2.32. The van der Waals surface area contributed by atoms with Gasteiger partial charge in [0.05, 0.1) is 17.7 Å². The third-order valence-corrected chi connectivity index (χ3v) is 6.32. The molecule has 0 aliphatic heterocycles. The van der Waals surface area contributed by atoms with E-state index in [4.69, 9.17) is 4.74 Å². The SMILES string of the molecule is COc1ccccc1N(CC(=O)Nc1cc(C)cc(C)c1)S(=O)(=O)c1ccc(F)cc1. The van der Waals surface area contributed by atoms with Gasteiger partial charge >= 0.3 is 0 Å². The van der Waals surface area contributed by atoms with Gasteiger partial charge in [-0.05, 0) is 73.5 Å². The fourth-order valence-electron chi connectivity index (χ4n) is 3.25. The van der Waals surface area contributed by atoms with Gasteiger partial charge in [-0.1, -0.05) is 18.2 Å². The topological polar surface area (TPSA) is 75.7 Å². The van der Waals surface area contributed by atoms with Crippen molar-refractivity contribution in [3.63, 3.8) is 0 Å². The van der Waals surface area contributed by atoms with E-state index >= 15 is 0 Å². The molecule has 0 aliphatic rings. The van der Waals surface area contributed by atoms with Crippen LogP contribution in [0.2, 0.25) is 0 Å². The van der Waals surface area contributed by atoms with E-state index in [1.165, 1.54) is 7.11 Å². The summed E-state index contributed by atoms with van der Waals surface area (Å²) in [6, 6.07) is 16.5. The minimum absolute atomic E-state index is 0.140. The van der Waals surface area contributed by atoms with Gasteiger partial charge in [-0.25, -0.2) is 12.8 Å². The van der Waals surface area contributed by atoms with Crippen LogP contribution in [0.4, 0.5) is 15.8 Å². The van der Waals surface area contributed by atoms with Gasteiger partial charge in [-0.15, -0.1) is 0 Å². The molecule has 0 fully saturated rings. The molecule has 0 atom stereocenters. The van der Waals surface area contributed by atoms with Crippen LogP contribution >= 0.6 is 0 Å². The summed E-state index contributed by atoms with van der Waals surface area (Å²) in [6.45, 7) is 3.32. The molecule has 0 saturated carbocycles. The van der Waals surface area contributed by atoms with Crippen LogP contribution in [0.25, 0.3) is 0 Å². The minimum atomic E-state index is -4.18. The van der Waals surface area contributed by atoms with Crippen LogP contribution in [0.1, 0.15) is 11.1 Å². The molecule has 162 valence electrons. The predicted octanol–water partition coefficient (Wildman–Crippen LogP) is 4.29. The molecule has 0 aliphatic carbocycles. The van der Waals surface area contributed by atoms with E-state index < -0.39 is 28.3 Å². The average molecular weight is 443 g/mol. The van der Waals surface area contributed by atoms with E-state index in [1.807, 2.05) is 19.9 Å². The Bertz CT molecular complexity index is 1170. The predicted molar refractivity (Wildman–Crippen MR) is 118 cm³/mol. The molecule has 0 heterocycles. The molecule has 0 saturated heterocycles. The van der Waals surface area contributed by atoms with Crippen molar-refractivity contribution in [1.29, 1.82) is 0 Å². The third kappa shape index (κ3) is 5.21. The standard InChI is InChI=1S/C23H23FN2O4S/c1-16-12-17(2)14-19(13-16)25-23(27)15-26(21-6-4-5-7-22(21)30-3)31(28,29)20-10-8-18(24)9-11-20/h4-14H,15H2,1-3H3,(H,25,27). The summed E-state index contributed by atoms with van der Waals surface area (Å²) in [5, 5.41) is 2.75. The Balaban J connectivity index is 1.99. The first kappa shape index (κ1) is 22.3. The summed E-state index contributed by atoms with van der Waals surface area (Å²) in [7, 11) is -2.77. The molecule has 6 nitrogen and oxygen atoms in total. The second-order valence-corrected chi connectivity index (χ2v) is 8.92. The van der Waals surface area contributed by atoms with Gasteiger partial charge in [0.15, 0.2) is 0 Å². The Morgan fingerprint density at radius 1 is 1.00 bits per heavy atom. The monoisotopic (exact) mass is 442 g/mol. The maximum absolute atomic E-state index is 13.4. The van der Waals surface area contributed by atoms with Crippen LogP contribution < -0.4 is 14.4 Å². The number of nitrogens with one attached hydrogen (secondary N) is 1. The van der Waals surface area contributed by atoms with Crippen molar-refractivity contribution in [3.05, 3.63) is 83.7 Å². The number of sulfonamides is 1. The Kier molecular flexibility index (Phi) is 6.60. The van der Waals surface area contributed by atoms with Crippen molar-refractivity contribution in [2.45, 2.75) is 18.7 Å². The summed E-state index contributed by atoms with van der Waals surface area (Å²) < 4.78 is 46.4. The summed E-state index contributed by atoms with van der Waals surface area (Å²) >= 11 is 0. The number of rotatable bonds is 7. The number of methoxy groups -OCH3 is 1. The summed E-state index contributed by atoms with van der Waals surface area (Å²) in [6.07, 6.45) is 0. The fourth-order valence-corrected chi connectivity index (χ4v) is 4.68. The molecule has 0 aromatic heterocycles. The first-order chi connectivity index (χ1) is 14.7. The number of carbonyl (C=O) groups is 1. The zero-order chi connectivity index (χ0) is 22.6. The van der Waals surface area contributed by atoms with Crippen LogP contribution in [-0.2, 0) is 14.8 Å². The number of amides is 1. The van der Waals surface area contributed by atoms with Crippen LogP contribution in [-0.4, -0.2) is 28.0 Å². The fraction of sp³-hybridized carbons (Fsp3) is 0.174. The molecule has 0 bridgehead atoms. The molecule has 1 amide bonds. The van der Waals surface area contributed by atoms with E-state index in [9.17, 15) is 17.6 Å². The summed E-state index contributed by atoms with van der Waals surface area (Å²) in [4.78, 5) is 12.7. The number of hydrogen-bond donors (Lipinski definition) is 1. The number of carbonyl (C=O) groups excluding carboxylic acids is 1. The number of ether oxygens (including phenoxy) is 1.